The Morgan fingerprint density at radius 3 is 2.92 bits per heavy atom. The molecule has 3 aromatic heterocycles. The average Bonchev–Trinajstić information content (AvgIpc) is 3.17. The van der Waals surface area contributed by atoms with Crippen LogP contribution in [0.3, 0.4) is 0 Å². The number of thiazole rings is 1. The average molecular weight is 369 g/mol. The molecule has 0 atom stereocenters. The van der Waals surface area contributed by atoms with Gasteiger partial charge in [-0.1, -0.05) is 0 Å². The largest absolute Gasteiger partial charge is 0.468 e. The van der Waals surface area contributed by atoms with Gasteiger partial charge in [-0.25, -0.2) is 4.98 Å². The molecular formula is C19H23N5OS. The molecule has 0 aromatic carbocycles. The molecule has 1 aliphatic heterocycles. The Bertz CT molecular complexity index is 954. The van der Waals surface area contributed by atoms with E-state index < -0.39 is 0 Å². The van der Waals surface area contributed by atoms with Crippen molar-refractivity contribution in [3.63, 3.8) is 0 Å². The molecule has 136 valence electrons. The van der Waals surface area contributed by atoms with Crippen molar-refractivity contribution in [1.82, 2.24) is 19.9 Å². The first-order valence-electron chi connectivity index (χ1n) is 9.17. The summed E-state index contributed by atoms with van der Waals surface area (Å²) in [6.07, 6.45) is 6.71. The lowest BCUT2D eigenvalue weighted by Crippen LogP contribution is -2.61. The van der Waals surface area contributed by atoms with E-state index in [1.165, 1.54) is 23.2 Å². The summed E-state index contributed by atoms with van der Waals surface area (Å²) in [7, 11) is 0. The van der Waals surface area contributed by atoms with Crippen molar-refractivity contribution in [3.8, 4) is 5.88 Å². The number of pyridine rings is 1. The van der Waals surface area contributed by atoms with Crippen LogP contribution in [0, 0.1) is 12.8 Å². The van der Waals surface area contributed by atoms with E-state index in [1.807, 2.05) is 6.20 Å². The van der Waals surface area contributed by atoms with Crippen molar-refractivity contribution >= 4 is 33.2 Å². The third-order valence-corrected chi connectivity index (χ3v) is 5.91. The van der Waals surface area contributed by atoms with Gasteiger partial charge < -0.3 is 19.9 Å². The fraction of sp³-hybridized carbons (Fsp3) is 0.474. The third-order valence-electron chi connectivity index (χ3n) is 5.08. The Balaban J connectivity index is 1.54. The van der Waals surface area contributed by atoms with E-state index in [0.717, 1.165) is 41.9 Å². The van der Waals surface area contributed by atoms with Gasteiger partial charge >= 0.3 is 0 Å². The molecule has 0 spiro atoms. The zero-order valence-electron chi connectivity index (χ0n) is 15.1. The van der Waals surface area contributed by atoms with Gasteiger partial charge in [0.1, 0.15) is 11.4 Å². The highest BCUT2D eigenvalue weighted by molar-refractivity contribution is 7.15. The van der Waals surface area contributed by atoms with Gasteiger partial charge in [0.2, 0.25) is 5.88 Å². The molecule has 7 heteroatoms. The number of aryl methyl sites for hydroxylation is 1. The SMILES string of the molecule is Cc1cnc(Nc2cc3c(ccn3CC3CC3)c(OC3(C)CNC3)n2)s1. The van der Waals surface area contributed by atoms with Gasteiger partial charge in [0, 0.05) is 43.0 Å². The Kier molecular flexibility index (Phi) is 3.68. The summed E-state index contributed by atoms with van der Waals surface area (Å²) in [4.78, 5) is 10.3. The van der Waals surface area contributed by atoms with Crippen molar-refractivity contribution in [1.29, 1.82) is 0 Å². The van der Waals surface area contributed by atoms with Gasteiger partial charge in [0.05, 0.1) is 10.9 Å². The van der Waals surface area contributed by atoms with E-state index in [9.17, 15) is 0 Å². The smallest absolute Gasteiger partial charge is 0.225 e. The highest BCUT2D eigenvalue weighted by atomic mass is 32.1. The number of nitrogens with one attached hydrogen (secondary N) is 2. The summed E-state index contributed by atoms with van der Waals surface area (Å²) in [5.41, 5.74) is 0.989. The molecule has 0 radical (unpaired) electrons. The predicted octanol–water partition coefficient (Wildman–Crippen LogP) is 3.70. The molecule has 2 N–H and O–H groups in total. The lowest BCUT2D eigenvalue weighted by Gasteiger charge is -2.39. The minimum atomic E-state index is -0.186. The molecule has 0 unspecified atom stereocenters. The normalized spacial score (nSPS) is 18.7. The van der Waals surface area contributed by atoms with Gasteiger partial charge in [0.25, 0.3) is 0 Å². The summed E-state index contributed by atoms with van der Waals surface area (Å²) < 4.78 is 8.66. The Morgan fingerprint density at radius 2 is 2.27 bits per heavy atom. The molecule has 0 amide bonds. The summed E-state index contributed by atoms with van der Waals surface area (Å²) in [5.74, 6) is 2.31. The van der Waals surface area contributed by atoms with E-state index in [-0.39, 0.29) is 5.60 Å². The minimum Gasteiger partial charge on any atom is -0.468 e. The standard InChI is InChI=1S/C19H23N5OS/c1-12-8-21-18(26-12)23-16-7-15-14(5-6-24(15)9-13-3-4-13)17(22-16)25-19(2)10-20-11-19/h5-8,13,20H,3-4,9-11H2,1-2H3,(H,21,22,23). The van der Waals surface area contributed by atoms with E-state index in [4.69, 9.17) is 9.72 Å². The van der Waals surface area contributed by atoms with Crippen LogP contribution in [0.5, 0.6) is 5.88 Å². The molecule has 0 bridgehead atoms. The number of hydrogen-bond acceptors (Lipinski definition) is 6. The number of fused-ring (bicyclic) bond motifs is 1. The molecule has 3 aromatic rings. The van der Waals surface area contributed by atoms with Crippen LogP contribution in [0.1, 0.15) is 24.6 Å². The summed E-state index contributed by atoms with van der Waals surface area (Å²) in [6, 6.07) is 4.25. The summed E-state index contributed by atoms with van der Waals surface area (Å²) >= 11 is 1.63. The number of nitrogens with zero attached hydrogens (tertiary/aromatic N) is 3. The molecule has 4 heterocycles. The van der Waals surface area contributed by atoms with Crippen LogP contribution in [0.2, 0.25) is 0 Å². The fourth-order valence-corrected chi connectivity index (χ4v) is 4.01. The van der Waals surface area contributed by atoms with Gasteiger partial charge in [0.15, 0.2) is 5.13 Å². The maximum atomic E-state index is 6.32. The van der Waals surface area contributed by atoms with Crippen LogP contribution >= 0.6 is 11.3 Å². The Labute approximate surface area is 156 Å². The molecule has 1 saturated heterocycles. The van der Waals surface area contributed by atoms with Crippen LogP contribution in [-0.4, -0.2) is 33.2 Å². The highest BCUT2D eigenvalue weighted by Gasteiger charge is 2.35. The Hall–Kier alpha value is -2.12. The molecule has 2 fully saturated rings. The molecule has 1 saturated carbocycles. The molecule has 6 nitrogen and oxygen atoms in total. The van der Waals surface area contributed by atoms with Crippen molar-refractivity contribution in [2.24, 2.45) is 5.92 Å². The van der Waals surface area contributed by atoms with Crippen LogP contribution < -0.4 is 15.4 Å². The number of ether oxygens (including phenoxy) is 1. The first kappa shape index (κ1) is 16.1. The zero-order chi connectivity index (χ0) is 17.7. The van der Waals surface area contributed by atoms with Crippen molar-refractivity contribution in [2.45, 2.75) is 38.8 Å². The number of anilines is 2. The second-order valence-corrected chi connectivity index (χ2v) is 8.95. The van der Waals surface area contributed by atoms with Crippen molar-refractivity contribution < 1.29 is 4.74 Å². The van der Waals surface area contributed by atoms with Crippen LogP contribution in [0.4, 0.5) is 10.9 Å². The first-order chi connectivity index (χ1) is 12.6. The first-order valence-corrected chi connectivity index (χ1v) is 9.99. The monoisotopic (exact) mass is 369 g/mol. The van der Waals surface area contributed by atoms with Crippen molar-refractivity contribution in [2.75, 3.05) is 18.4 Å². The second-order valence-electron chi connectivity index (χ2n) is 7.71. The van der Waals surface area contributed by atoms with E-state index in [1.54, 1.807) is 11.3 Å². The van der Waals surface area contributed by atoms with Gasteiger partial charge in [-0.05, 0) is 38.7 Å². The van der Waals surface area contributed by atoms with E-state index in [2.05, 4.69) is 52.4 Å². The lowest BCUT2D eigenvalue weighted by atomic mass is 10.0. The zero-order valence-corrected chi connectivity index (χ0v) is 15.9. The predicted molar refractivity (Wildman–Crippen MR) is 104 cm³/mol. The summed E-state index contributed by atoms with van der Waals surface area (Å²) in [5, 5.41) is 8.58. The second kappa shape index (κ2) is 5.96. The maximum Gasteiger partial charge on any atom is 0.225 e. The van der Waals surface area contributed by atoms with Gasteiger partial charge in [-0.3, -0.25) is 0 Å². The van der Waals surface area contributed by atoms with Crippen LogP contribution in [0.15, 0.2) is 24.5 Å². The summed E-state index contributed by atoms with van der Waals surface area (Å²) in [6.45, 7) is 6.95. The van der Waals surface area contributed by atoms with E-state index >= 15 is 0 Å². The lowest BCUT2D eigenvalue weighted by molar-refractivity contribution is 0.0322. The third kappa shape index (κ3) is 3.05. The molecule has 1 aliphatic carbocycles. The van der Waals surface area contributed by atoms with Gasteiger partial charge in [-0.2, -0.15) is 4.98 Å². The fourth-order valence-electron chi connectivity index (χ4n) is 3.34. The molecular weight excluding hydrogens is 346 g/mol. The topological polar surface area (TPSA) is 64.0 Å². The highest BCUT2D eigenvalue weighted by Crippen LogP contribution is 2.36. The van der Waals surface area contributed by atoms with Gasteiger partial charge in [-0.15, -0.1) is 11.3 Å². The van der Waals surface area contributed by atoms with Crippen LogP contribution in [-0.2, 0) is 6.54 Å². The molecule has 5 rings (SSSR count). The maximum absolute atomic E-state index is 6.32. The minimum absolute atomic E-state index is 0.186. The molecule has 2 aliphatic rings. The number of rotatable bonds is 6. The van der Waals surface area contributed by atoms with Crippen molar-refractivity contribution in [3.05, 3.63) is 29.4 Å². The quantitative estimate of drug-likeness (QED) is 0.694. The number of hydrogen-bond donors (Lipinski definition) is 2. The molecule has 26 heavy (non-hydrogen) atoms. The Morgan fingerprint density at radius 1 is 1.42 bits per heavy atom. The van der Waals surface area contributed by atoms with E-state index in [0.29, 0.717) is 5.88 Å². The van der Waals surface area contributed by atoms with Crippen LogP contribution in [0.25, 0.3) is 10.9 Å². The number of aromatic nitrogens is 3.